The Bertz CT molecular complexity index is 698. The minimum absolute atomic E-state index is 0.227. The number of urea groups is 1. The number of rotatable bonds is 3. The van der Waals surface area contributed by atoms with Crippen LogP contribution in [0.2, 0.25) is 0 Å². The Balaban J connectivity index is 1.67. The molecule has 0 bridgehead atoms. The zero-order chi connectivity index (χ0) is 18.0. The molecule has 0 unspecified atom stereocenters. The van der Waals surface area contributed by atoms with Gasteiger partial charge in [0.05, 0.1) is 0 Å². The van der Waals surface area contributed by atoms with E-state index in [-0.39, 0.29) is 11.0 Å². The molecule has 25 heavy (non-hydrogen) atoms. The number of hydrogen-bond acceptors (Lipinski definition) is 3. The number of imide groups is 1. The average Bonchev–Trinajstić information content (AvgIpc) is 2.82. The molecule has 2 aliphatic rings. The Kier molecular flexibility index (Phi) is 4.94. The van der Waals surface area contributed by atoms with Crippen LogP contribution < -0.4 is 16.1 Å². The molecule has 1 spiro atoms. The fraction of sp³-hybridized carbons (Fsp3) is 0.500. The topological polar surface area (TPSA) is 73.5 Å². The average molecular weight is 360 g/mol. The van der Waals surface area contributed by atoms with E-state index in [1.54, 1.807) is 0 Å². The third kappa shape index (κ3) is 3.46. The molecular weight excluding hydrogens is 336 g/mol. The molecule has 1 saturated heterocycles. The van der Waals surface area contributed by atoms with Gasteiger partial charge in [-0.05, 0) is 61.9 Å². The fourth-order valence-electron chi connectivity index (χ4n) is 3.52. The highest BCUT2D eigenvalue weighted by molar-refractivity contribution is 7.80. The van der Waals surface area contributed by atoms with Crippen LogP contribution in [-0.2, 0) is 11.2 Å². The lowest BCUT2D eigenvalue weighted by Crippen LogP contribution is -2.52. The summed E-state index contributed by atoms with van der Waals surface area (Å²) >= 11 is 5.30. The lowest BCUT2D eigenvalue weighted by atomic mass is 9.77. The highest BCUT2D eigenvalue weighted by Crippen LogP contribution is 2.35. The number of nitrogens with one attached hydrogen (secondary N) is 3. The number of thiocarbonyl (C=S) groups is 1. The molecule has 3 N–H and O–H groups in total. The number of carbonyl (C=O) groups excluding carboxylic acids is 2. The van der Waals surface area contributed by atoms with E-state index >= 15 is 0 Å². The van der Waals surface area contributed by atoms with Crippen LogP contribution in [0.5, 0.6) is 0 Å². The number of carbonyl (C=O) groups is 2. The molecule has 1 aliphatic heterocycles. The summed E-state index contributed by atoms with van der Waals surface area (Å²) in [6.07, 6.45) is 4.08. The summed E-state index contributed by atoms with van der Waals surface area (Å²) in [7, 11) is 0. The monoisotopic (exact) mass is 360 g/mol. The van der Waals surface area contributed by atoms with Crippen molar-refractivity contribution in [1.29, 1.82) is 0 Å². The first kappa shape index (κ1) is 17.7. The molecule has 6 nitrogen and oxygen atoms in total. The summed E-state index contributed by atoms with van der Waals surface area (Å²) in [5.74, 6) is 0.350. The quantitative estimate of drug-likeness (QED) is 0.571. The molecular formula is C18H24N4O2S. The molecule has 7 heteroatoms. The van der Waals surface area contributed by atoms with E-state index in [0.29, 0.717) is 18.8 Å². The summed E-state index contributed by atoms with van der Waals surface area (Å²) in [6, 6.07) is 7.37. The highest BCUT2D eigenvalue weighted by atomic mass is 32.1. The van der Waals surface area contributed by atoms with E-state index in [9.17, 15) is 9.59 Å². The van der Waals surface area contributed by atoms with Gasteiger partial charge in [-0.3, -0.25) is 10.2 Å². The third-order valence-corrected chi connectivity index (χ3v) is 5.34. The molecule has 3 amide bonds. The first-order valence-corrected chi connectivity index (χ1v) is 9.18. The maximum absolute atomic E-state index is 12.8. The van der Waals surface area contributed by atoms with Crippen molar-refractivity contribution in [3.8, 4) is 0 Å². The summed E-state index contributed by atoms with van der Waals surface area (Å²) in [5, 5.41) is 7.18. The smallest absolute Gasteiger partial charge is 0.331 e. The highest BCUT2D eigenvalue weighted by Gasteiger charge is 2.52. The van der Waals surface area contributed by atoms with Crippen molar-refractivity contribution in [3.05, 3.63) is 29.8 Å². The first-order chi connectivity index (χ1) is 11.9. The Hall–Kier alpha value is -2.15. The Morgan fingerprint density at radius 1 is 1.32 bits per heavy atom. The molecule has 0 radical (unpaired) electrons. The summed E-state index contributed by atoms with van der Waals surface area (Å²) in [4.78, 5) is 25.1. The molecule has 1 aromatic carbocycles. The SMILES string of the molecule is CCc1ccccc1NC(=S)NN1C(=O)NC2(CCC(C)CC2)C1=O. The minimum Gasteiger partial charge on any atom is -0.331 e. The van der Waals surface area contributed by atoms with Gasteiger partial charge in [0.1, 0.15) is 5.54 Å². The van der Waals surface area contributed by atoms with Crippen molar-refractivity contribution < 1.29 is 9.59 Å². The van der Waals surface area contributed by atoms with Gasteiger partial charge in [-0.25, -0.2) is 4.79 Å². The van der Waals surface area contributed by atoms with Crippen molar-refractivity contribution >= 4 is 35.0 Å². The van der Waals surface area contributed by atoms with E-state index in [2.05, 4.69) is 29.9 Å². The maximum atomic E-state index is 12.8. The van der Waals surface area contributed by atoms with E-state index in [1.807, 2.05) is 24.3 Å². The second-order valence-corrected chi connectivity index (χ2v) is 7.32. The largest absolute Gasteiger partial charge is 0.344 e. The predicted octanol–water partition coefficient (Wildman–Crippen LogP) is 2.95. The molecule has 1 saturated carbocycles. The molecule has 1 heterocycles. The van der Waals surface area contributed by atoms with E-state index in [0.717, 1.165) is 35.5 Å². The Labute approximate surface area is 153 Å². The van der Waals surface area contributed by atoms with Crippen LogP contribution in [0.15, 0.2) is 24.3 Å². The van der Waals surface area contributed by atoms with Gasteiger partial charge >= 0.3 is 6.03 Å². The van der Waals surface area contributed by atoms with Gasteiger partial charge in [0.2, 0.25) is 0 Å². The third-order valence-electron chi connectivity index (χ3n) is 5.15. The van der Waals surface area contributed by atoms with Crippen molar-refractivity contribution in [3.63, 3.8) is 0 Å². The zero-order valence-electron chi connectivity index (χ0n) is 14.6. The lowest BCUT2D eigenvalue weighted by molar-refractivity contribution is -0.133. The first-order valence-electron chi connectivity index (χ1n) is 8.77. The lowest BCUT2D eigenvalue weighted by Gasteiger charge is -2.33. The van der Waals surface area contributed by atoms with Gasteiger partial charge in [-0.1, -0.05) is 32.0 Å². The van der Waals surface area contributed by atoms with Crippen molar-refractivity contribution in [1.82, 2.24) is 15.8 Å². The van der Waals surface area contributed by atoms with Crippen LogP contribution in [0.1, 0.15) is 45.1 Å². The number of para-hydroxylation sites is 1. The van der Waals surface area contributed by atoms with Gasteiger partial charge < -0.3 is 10.6 Å². The van der Waals surface area contributed by atoms with Crippen LogP contribution in [0.25, 0.3) is 0 Å². The number of hydrogen-bond donors (Lipinski definition) is 3. The van der Waals surface area contributed by atoms with Gasteiger partial charge in [0.15, 0.2) is 5.11 Å². The van der Waals surface area contributed by atoms with Crippen LogP contribution in [-0.4, -0.2) is 27.6 Å². The zero-order valence-corrected chi connectivity index (χ0v) is 15.4. The fourth-order valence-corrected chi connectivity index (χ4v) is 3.72. The molecule has 0 atom stereocenters. The van der Waals surface area contributed by atoms with Gasteiger partial charge in [0, 0.05) is 5.69 Å². The number of nitrogens with zero attached hydrogens (tertiary/aromatic N) is 1. The number of hydrazine groups is 1. The van der Waals surface area contributed by atoms with Gasteiger partial charge in [-0.15, -0.1) is 0 Å². The molecule has 2 fully saturated rings. The summed E-state index contributed by atoms with van der Waals surface area (Å²) in [6.45, 7) is 4.23. The minimum atomic E-state index is -0.770. The second kappa shape index (κ2) is 7.00. The molecule has 3 rings (SSSR count). The van der Waals surface area contributed by atoms with Crippen molar-refractivity contribution in [2.45, 2.75) is 51.5 Å². The second-order valence-electron chi connectivity index (χ2n) is 6.91. The van der Waals surface area contributed by atoms with Crippen LogP contribution >= 0.6 is 12.2 Å². The summed E-state index contributed by atoms with van der Waals surface area (Å²) in [5.41, 5.74) is 3.97. The summed E-state index contributed by atoms with van der Waals surface area (Å²) < 4.78 is 0. The van der Waals surface area contributed by atoms with E-state index in [1.165, 1.54) is 0 Å². The van der Waals surface area contributed by atoms with Gasteiger partial charge in [-0.2, -0.15) is 5.01 Å². The standard InChI is InChI=1S/C18H24N4O2S/c1-3-13-6-4-5-7-14(13)19-16(25)21-22-15(23)18(20-17(22)24)10-8-12(2)9-11-18/h4-7,12H,3,8-11H2,1-2H3,(H,20,24)(H2,19,21,25). The Morgan fingerprint density at radius 3 is 2.68 bits per heavy atom. The predicted molar refractivity (Wildman–Crippen MR) is 101 cm³/mol. The Morgan fingerprint density at radius 2 is 2.00 bits per heavy atom. The van der Waals surface area contributed by atoms with E-state index in [4.69, 9.17) is 12.2 Å². The number of anilines is 1. The van der Waals surface area contributed by atoms with Crippen molar-refractivity contribution in [2.75, 3.05) is 5.32 Å². The van der Waals surface area contributed by atoms with Crippen LogP contribution in [0.3, 0.4) is 0 Å². The number of aryl methyl sites for hydroxylation is 1. The van der Waals surface area contributed by atoms with E-state index < -0.39 is 11.6 Å². The normalized spacial score (nSPS) is 25.8. The number of amides is 3. The van der Waals surface area contributed by atoms with Crippen LogP contribution in [0, 0.1) is 5.92 Å². The molecule has 1 aromatic rings. The maximum Gasteiger partial charge on any atom is 0.344 e. The molecule has 134 valence electrons. The molecule has 0 aromatic heterocycles. The van der Waals surface area contributed by atoms with Crippen molar-refractivity contribution in [2.24, 2.45) is 5.92 Å². The van der Waals surface area contributed by atoms with Gasteiger partial charge in [0.25, 0.3) is 5.91 Å². The van der Waals surface area contributed by atoms with Crippen LogP contribution in [0.4, 0.5) is 10.5 Å². The number of benzene rings is 1. The molecule has 1 aliphatic carbocycles.